The molecular formula is C39H53N5O8. The number of nitriles is 1. The van der Waals surface area contributed by atoms with Gasteiger partial charge in [0.1, 0.15) is 34.2 Å². The molecule has 282 valence electrons. The summed E-state index contributed by atoms with van der Waals surface area (Å²) in [7, 11) is 4.06. The van der Waals surface area contributed by atoms with Gasteiger partial charge in [0.05, 0.1) is 12.3 Å². The summed E-state index contributed by atoms with van der Waals surface area (Å²) < 4.78 is 30.5. The van der Waals surface area contributed by atoms with Crippen molar-refractivity contribution >= 4 is 35.2 Å². The van der Waals surface area contributed by atoms with Crippen molar-refractivity contribution in [1.29, 1.82) is 5.26 Å². The Morgan fingerprint density at radius 2 is 1.44 bits per heavy atom. The van der Waals surface area contributed by atoms with Crippen LogP contribution in [0.4, 0.5) is 20.2 Å². The number of carbonyl (C=O) groups is 3. The molecule has 1 aliphatic rings. The highest BCUT2D eigenvalue weighted by Gasteiger charge is 2.44. The molecule has 0 saturated heterocycles. The summed E-state index contributed by atoms with van der Waals surface area (Å²) in [5.74, 6) is 0.340. The van der Waals surface area contributed by atoms with Crippen molar-refractivity contribution < 1.29 is 38.1 Å². The van der Waals surface area contributed by atoms with Crippen LogP contribution >= 0.6 is 0 Å². The van der Waals surface area contributed by atoms with E-state index in [0.29, 0.717) is 40.3 Å². The van der Waals surface area contributed by atoms with E-state index in [9.17, 15) is 19.6 Å². The van der Waals surface area contributed by atoms with E-state index in [0.717, 1.165) is 24.3 Å². The maximum Gasteiger partial charge on any atom is 0.514 e. The van der Waals surface area contributed by atoms with Crippen LogP contribution in [0.3, 0.4) is 0 Å². The Labute approximate surface area is 306 Å². The van der Waals surface area contributed by atoms with Gasteiger partial charge in [-0.1, -0.05) is 6.07 Å². The monoisotopic (exact) mass is 719 g/mol. The Hall–Kier alpha value is -4.83. The Morgan fingerprint density at radius 1 is 0.885 bits per heavy atom. The maximum atomic E-state index is 14.1. The highest BCUT2D eigenvalue weighted by Crippen LogP contribution is 2.47. The molecule has 2 amide bonds. The third-order valence-corrected chi connectivity index (χ3v) is 8.05. The zero-order valence-corrected chi connectivity index (χ0v) is 33.1. The number of hydrogen-bond acceptors (Lipinski definition) is 11. The second-order valence-electron chi connectivity index (χ2n) is 16.9. The molecule has 4 rings (SSSR count). The standard InChI is InChI=1S/C39H53N5O8/c1-23-15-16-28(49-35(47)52-38(10,11)12)25(3)29(23)43-30-26(19-24(2)31(41-30)48-22-39(17-18-39)21-42(13)14)27(20-40)32(43)44(33(45)50-36(4,5)6)34(46)51-37(7,8)9/h15-16,19H,17-18,21-22H2,1-14H3. The lowest BCUT2D eigenvalue weighted by Crippen LogP contribution is -2.45. The molecule has 1 fully saturated rings. The van der Waals surface area contributed by atoms with E-state index in [2.05, 4.69) is 11.0 Å². The average Bonchev–Trinajstić information content (AvgIpc) is 3.65. The van der Waals surface area contributed by atoms with Gasteiger partial charge in [-0.05, 0) is 128 Å². The fraction of sp³-hybridized carbons (Fsp3) is 0.564. The summed E-state index contributed by atoms with van der Waals surface area (Å²) >= 11 is 0. The van der Waals surface area contributed by atoms with Crippen LogP contribution in [0.25, 0.3) is 16.7 Å². The van der Waals surface area contributed by atoms with Gasteiger partial charge < -0.3 is 28.6 Å². The Kier molecular flexibility index (Phi) is 11.0. The molecule has 1 aliphatic carbocycles. The molecule has 1 aromatic carbocycles. The minimum absolute atomic E-state index is 0.00226. The third-order valence-electron chi connectivity index (χ3n) is 8.05. The lowest BCUT2D eigenvalue weighted by molar-refractivity contribution is 0.0203. The summed E-state index contributed by atoms with van der Waals surface area (Å²) in [6.07, 6.45) is -0.997. The lowest BCUT2D eigenvalue weighted by atomic mass is 10.1. The Bertz CT molecular complexity index is 1890. The van der Waals surface area contributed by atoms with E-state index in [-0.39, 0.29) is 28.2 Å². The molecular weight excluding hydrogens is 666 g/mol. The zero-order valence-electron chi connectivity index (χ0n) is 33.1. The molecule has 52 heavy (non-hydrogen) atoms. The van der Waals surface area contributed by atoms with Gasteiger partial charge >= 0.3 is 18.3 Å². The second kappa shape index (κ2) is 14.3. The highest BCUT2D eigenvalue weighted by molar-refractivity contribution is 6.13. The first-order valence-electron chi connectivity index (χ1n) is 17.4. The molecule has 0 bridgehead atoms. The van der Waals surface area contributed by atoms with Crippen molar-refractivity contribution in [1.82, 2.24) is 14.5 Å². The Morgan fingerprint density at radius 3 is 1.92 bits per heavy atom. The van der Waals surface area contributed by atoms with Gasteiger partial charge in [0.2, 0.25) is 5.88 Å². The van der Waals surface area contributed by atoms with Crippen LogP contribution in [-0.2, 0) is 14.2 Å². The molecule has 0 atom stereocenters. The second-order valence-corrected chi connectivity index (χ2v) is 16.9. The molecule has 0 N–H and O–H groups in total. The van der Waals surface area contributed by atoms with E-state index in [1.807, 2.05) is 27.9 Å². The molecule has 1 saturated carbocycles. The van der Waals surface area contributed by atoms with E-state index in [4.69, 9.17) is 28.7 Å². The Balaban J connectivity index is 2.08. The van der Waals surface area contributed by atoms with Gasteiger partial charge in [-0.25, -0.2) is 14.4 Å². The smallest absolute Gasteiger partial charge is 0.477 e. The van der Waals surface area contributed by atoms with Crippen molar-refractivity contribution in [3.8, 4) is 23.4 Å². The minimum atomic E-state index is -1.06. The molecule has 2 aromatic heterocycles. The maximum absolute atomic E-state index is 14.1. The van der Waals surface area contributed by atoms with Gasteiger partial charge in [-0.15, -0.1) is 0 Å². The topological polar surface area (TPSA) is 145 Å². The summed E-state index contributed by atoms with van der Waals surface area (Å²) in [4.78, 5) is 48.9. The van der Waals surface area contributed by atoms with Crippen molar-refractivity contribution in [2.75, 3.05) is 32.1 Å². The molecule has 13 heteroatoms. The molecule has 2 heterocycles. The van der Waals surface area contributed by atoms with E-state index >= 15 is 0 Å². The van der Waals surface area contributed by atoms with Gasteiger partial charge in [0.15, 0.2) is 11.5 Å². The molecule has 0 aliphatic heterocycles. The largest absolute Gasteiger partial charge is 0.514 e. The SMILES string of the molecule is Cc1cc2c(C#N)c(N(C(=O)OC(C)(C)C)C(=O)OC(C)(C)C)n(-c3c(C)ccc(OC(=O)OC(C)(C)C)c3C)c2nc1OCC1(CN(C)C)CC1. The quantitative estimate of drug-likeness (QED) is 0.125. The predicted octanol–water partition coefficient (Wildman–Crippen LogP) is 8.53. The van der Waals surface area contributed by atoms with Gasteiger partial charge in [0, 0.05) is 28.5 Å². The van der Waals surface area contributed by atoms with Gasteiger partial charge in [0.25, 0.3) is 0 Å². The first-order chi connectivity index (χ1) is 23.8. The summed E-state index contributed by atoms with van der Waals surface area (Å²) in [6.45, 7) is 21.8. The number of amides is 2. The third kappa shape index (κ3) is 9.33. The first kappa shape index (κ1) is 39.9. The normalized spacial score (nSPS) is 14.1. The molecule has 0 radical (unpaired) electrons. The number of aryl methyl sites for hydroxylation is 2. The summed E-state index contributed by atoms with van der Waals surface area (Å²) in [5, 5.41) is 11.1. The van der Waals surface area contributed by atoms with Crippen LogP contribution in [-0.4, -0.2) is 76.8 Å². The van der Waals surface area contributed by atoms with E-state index < -0.39 is 35.1 Å². The number of aromatic nitrogens is 2. The van der Waals surface area contributed by atoms with Crippen molar-refractivity contribution in [3.05, 3.63) is 40.5 Å². The minimum Gasteiger partial charge on any atom is -0.477 e. The van der Waals surface area contributed by atoms with E-state index in [1.165, 1.54) is 4.57 Å². The number of fused-ring (bicyclic) bond motifs is 1. The number of ether oxygens (including phenoxy) is 5. The fourth-order valence-electron chi connectivity index (χ4n) is 5.87. The van der Waals surface area contributed by atoms with Crippen molar-refractivity contribution in [3.63, 3.8) is 0 Å². The van der Waals surface area contributed by atoms with Crippen LogP contribution in [0, 0.1) is 37.5 Å². The zero-order chi connectivity index (χ0) is 39.1. The van der Waals surface area contributed by atoms with E-state index in [1.54, 1.807) is 87.4 Å². The average molecular weight is 720 g/mol. The highest BCUT2D eigenvalue weighted by atomic mass is 16.7. The van der Waals surface area contributed by atoms with Crippen LogP contribution in [0.5, 0.6) is 11.6 Å². The predicted molar refractivity (Wildman–Crippen MR) is 198 cm³/mol. The van der Waals surface area contributed by atoms with Crippen LogP contribution in [0.1, 0.15) is 97.4 Å². The number of rotatable bonds is 8. The summed E-state index contributed by atoms with van der Waals surface area (Å²) in [5.41, 5.74) is -0.507. The van der Waals surface area contributed by atoms with Gasteiger partial charge in [-0.3, -0.25) is 4.57 Å². The first-order valence-corrected chi connectivity index (χ1v) is 17.4. The fourth-order valence-corrected chi connectivity index (χ4v) is 5.87. The van der Waals surface area contributed by atoms with Crippen molar-refractivity contribution in [2.45, 2.75) is 113 Å². The lowest BCUT2D eigenvalue weighted by Gasteiger charge is -2.29. The number of hydrogen-bond donors (Lipinski definition) is 0. The number of nitrogens with zero attached hydrogens (tertiary/aromatic N) is 5. The molecule has 3 aromatic rings. The molecule has 13 nitrogen and oxygen atoms in total. The number of benzene rings is 1. The van der Waals surface area contributed by atoms with Crippen molar-refractivity contribution in [2.24, 2.45) is 5.41 Å². The number of imide groups is 1. The molecule has 0 unspecified atom stereocenters. The van der Waals surface area contributed by atoms with Crippen LogP contribution < -0.4 is 14.4 Å². The number of carbonyl (C=O) groups excluding carboxylic acids is 3. The van der Waals surface area contributed by atoms with Crippen LogP contribution in [0.15, 0.2) is 18.2 Å². The number of pyridine rings is 1. The molecule has 0 spiro atoms. The van der Waals surface area contributed by atoms with Crippen LogP contribution in [0.2, 0.25) is 0 Å². The van der Waals surface area contributed by atoms with Gasteiger partial charge in [-0.2, -0.15) is 15.1 Å². The number of anilines is 1. The summed E-state index contributed by atoms with van der Waals surface area (Å²) in [6, 6.07) is 7.33.